The number of carbonyl (C=O) groups excluding carboxylic acids is 1. The number of carbonyl (C=O) groups is 1. The smallest absolute Gasteiger partial charge is 0.328 e. The quantitative estimate of drug-likeness (QED) is 0.711. The monoisotopic (exact) mass is 383 g/mol. The Morgan fingerprint density at radius 3 is 3.00 bits per heavy atom. The average molecular weight is 383 g/mol. The van der Waals surface area contributed by atoms with E-state index in [1.165, 1.54) is 27.0 Å². The molecule has 3 aromatic rings. The van der Waals surface area contributed by atoms with Gasteiger partial charge in [0.2, 0.25) is 5.91 Å². The summed E-state index contributed by atoms with van der Waals surface area (Å²) >= 11 is 1.31. The van der Waals surface area contributed by atoms with Crippen LogP contribution in [0.3, 0.4) is 0 Å². The summed E-state index contributed by atoms with van der Waals surface area (Å²) in [6.45, 7) is 0.233. The van der Waals surface area contributed by atoms with Crippen LogP contribution in [0.2, 0.25) is 0 Å². The molecule has 140 valence electrons. The molecule has 2 heterocycles. The van der Waals surface area contributed by atoms with Crippen LogP contribution in [0.15, 0.2) is 45.3 Å². The van der Waals surface area contributed by atoms with Crippen LogP contribution in [0.1, 0.15) is 42.9 Å². The highest BCUT2D eigenvalue weighted by molar-refractivity contribution is 7.17. The van der Waals surface area contributed by atoms with Gasteiger partial charge < -0.3 is 10.3 Å². The molecule has 0 aliphatic heterocycles. The standard InChI is InChI=1S/C20H21N3O3S/c24-17(21-15-8-3-6-13-5-1-2-7-14(13)15)9-4-11-23-19(25)18-16(10-12-27-18)22-20(23)26/h1-2,5,7,10,12,15H,3-4,6,8-9,11H2,(H,21,24)(H,22,26). The first-order valence-corrected chi connectivity index (χ1v) is 10.1. The van der Waals surface area contributed by atoms with Gasteiger partial charge in [0.05, 0.1) is 11.6 Å². The van der Waals surface area contributed by atoms with Gasteiger partial charge in [0.25, 0.3) is 5.56 Å². The van der Waals surface area contributed by atoms with Gasteiger partial charge in [0.15, 0.2) is 0 Å². The predicted octanol–water partition coefficient (Wildman–Crippen LogP) is 2.73. The lowest BCUT2D eigenvalue weighted by Gasteiger charge is -2.26. The van der Waals surface area contributed by atoms with Gasteiger partial charge in [-0.25, -0.2) is 4.79 Å². The summed E-state index contributed by atoms with van der Waals surface area (Å²) in [6.07, 6.45) is 3.79. The Balaban J connectivity index is 1.38. The Bertz CT molecular complexity index is 1100. The Morgan fingerprint density at radius 2 is 2.11 bits per heavy atom. The van der Waals surface area contributed by atoms with E-state index in [0.717, 1.165) is 19.3 Å². The zero-order valence-corrected chi connectivity index (χ0v) is 15.7. The van der Waals surface area contributed by atoms with Crippen molar-refractivity contribution in [3.05, 3.63) is 67.7 Å². The second-order valence-corrected chi connectivity index (χ2v) is 7.78. The van der Waals surface area contributed by atoms with Gasteiger partial charge in [-0.2, -0.15) is 0 Å². The lowest BCUT2D eigenvalue weighted by molar-refractivity contribution is -0.122. The lowest BCUT2D eigenvalue weighted by Crippen LogP contribution is -2.35. The molecule has 2 N–H and O–H groups in total. The molecule has 4 rings (SSSR count). The van der Waals surface area contributed by atoms with E-state index in [1.807, 2.05) is 12.1 Å². The molecule has 0 saturated carbocycles. The summed E-state index contributed by atoms with van der Waals surface area (Å²) in [4.78, 5) is 39.6. The minimum absolute atomic E-state index is 0.0432. The molecule has 1 atom stereocenters. The number of hydrogen-bond donors (Lipinski definition) is 2. The van der Waals surface area contributed by atoms with Crippen molar-refractivity contribution in [1.82, 2.24) is 14.9 Å². The maximum atomic E-state index is 12.4. The van der Waals surface area contributed by atoms with Gasteiger partial charge in [-0.05, 0) is 48.3 Å². The highest BCUT2D eigenvalue weighted by atomic mass is 32.1. The third-order valence-electron chi connectivity index (χ3n) is 5.08. The molecule has 1 aliphatic rings. The van der Waals surface area contributed by atoms with E-state index >= 15 is 0 Å². The molecule has 0 bridgehead atoms. The van der Waals surface area contributed by atoms with Crippen molar-refractivity contribution < 1.29 is 4.79 Å². The molecule has 0 fully saturated rings. The van der Waals surface area contributed by atoms with Crippen molar-refractivity contribution in [3.8, 4) is 0 Å². The fourth-order valence-corrected chi connectivity index (χ4v) is 4.54. The SMILES string of the molecule is O=C(CCCn1c(=O)[nH]c2ccsc2c1=O)NC1CCCc2ccccc21. The maximum Gasteiger partial charge on any atom is 0.328 e. The van der Waals surface area contributed by atoms with Gasteiger partial charge in [0, 0.05) is 13.0 Å². The molecular weight excluding hydrogens is 362 g/mol. The van der Waals surface area contributed by atoms with Gasteiger partial charge in [-0.1, -0.05) is 24.3 Å². The van der Waals surface area contributed by atoms with E-state index in [2.05, 4.69) is 22.4 Å². The third kappa shape index (κ3) is 3.60. The van der Waals surface area contributed by atoms with E-state index < -0.39 is 5.69 Å². The van der Waals surface area contributed by atoms with E-state index in [0.29, 0.717) is 16.6 Å². The number of nitrogens with one attached hydrogen (secondary N) is 2. The first-order valence-electron chi connectivity index (χ1n) is 9.21. The molecule has 1 aliphatic carbocycles. The van der Waals surface area contributed by atoms with Crippen LogP contribution in [0.25, 0.3) is 10.2 Å². The van der Waals surface area contributed by atoms with Crippen molar-refractivity contribution in [2.75, 3.05) is 0 Å². The summed E-state index contributed by atoms with van der Waals surface area (Å²) in [7, 11) is 0. The van der Waals surface area contributed by atoms with Crippen LogP contribution >= 0.6 is 11.3 Å². The molecule has 1 amide bonds. The minimum Gasteiger partial charge on any atom is -0.349 e. The number of fused-ring (bicyclic) bond motifs is 2. The fraction of sp³-hybridized carbons (Fsp3) is 0.350. The zero-order chi connectivity index (χ0) is 18.8. The summed E-state index contributed by atoms with van der Waals surface area (Å²) < 4.78 is 1.72. The van der Waals surface area contributed by atoms with Crippen LogP contribution in [0.4, 0.5) is 0 Å². The van der Waals surface area contributed by atoms with E-state index in [4.69, 9.17) is 0 Å². The van der Waals surface area contributed by atoms with Gasteiger partial charge in [-0.15, -0.1) is 11.3 Å². The first kappa shape index (κ1) is 17.7. The second-order valence-electron chi connectivity index (χ2n) is 6.87. The molecular formula is C20H21N3O3S. The highest BCUT2D eigenvalue weighted by Gasteiger charge is 2.21. The van der Waals surface area contributed by atoms with Crippen LogP contribution in [0, 0.1) is 0 Å². The number of aromatic amines is 1. The molecule has 6 nitrogen and oxygen atoms in total. The molecule has 27 heavy (non-hydrogen) atoms. The number of benzene rings is 1. The number of hydrogen-bond acceptors (Lipinski definition) is 4. The lowest BCUT2D eigenvalue weighted by atomic mass is 9.87. The van der Waals surface area contributed by atoms with E-state index in [1.54, 1.807) is 11.4 Å². The summed E-state index contributed by atoms with van der Waals surface area (Å²) in [5.41, 5.74) is 2.36. The Labute approximate surface area is 159 Å². The molecule has 7 heteroatoms. The molecule has 1 unspecified atom stereocenters. The van der Waals surface area contributed by atoms with E-state index in [-0.39, 0.29) is 30.5 Å². The van der Waals surface area contributed by atoms with Gasteiger partial charge in [0.1, 0.15) is 4.70 Å². The van der Waals surface area contributed by atoms with Crippen molar-refractivity contribution in [1.29, 1.82) is 0 Å². The number of nitrogens with zero attached hydrogens (tertiary/aromatic N) is 1. The normalized spacial score (nSPS) is 16.2. The van der Waals surface area contributed by atoms with Crippen molar-refractivity contribution >= 4 is 27.5 Å². The van der Waals surface area contributed by atoms with Gasteiger partial charge >= 0.3 is 5.69 Å². The summed E-state index contributed by atoms with van der Waals surface area (Å²) in [6, 6.07) is 10.0. The van der Waals surface area contributed by atoms with Crippen molar-refractivity contribution in [2.24, 2.45) is 0 Å². The second kappa shape index (κ2) is 7.52. The molecule has 1 aromatic carbocycles. The zero-order valence-electron chi connectivity index (χ0n) is 14.9. The highest BCUT2D eigenvalue weighted by Crippen LogP contribution is 2.29. The average Bonchev–Trinajstić information content (AvgIpc) is 3.13. The number of aromatic nitrogens is 2. The molecule has 0 saturated heterocycles. The summed E-state index contributed by atoms with van der Waals surface area (Å²) in [5, 5.41) is 4.89. The largest absolute Gasteiger partial charge is 0.349 e. The van der Waals surface area contributed by atoms with Crippen LogP contribution in [-0.2, 0) is 17.8 Å². The van der Waals surface area contributed by atoms with Crippen molar-refractivity contribution in [3.63, 3.8) is 0 Å². The van der Waals surface area contributed by atoms with Gasteiger partial charge in [-0.3, -0.25) is 14.2 Å². The minimum atomic E-state index is -0.424. The van der Waals surface area contributed by atoms with Crippen LogP contribution < -0.4 is 16.6 Å². The molecule has 2 aromatic heterocycles. The predicted molar refractivity (Wildman–Crippen MR) is 106 cm³/mol. The van der Waals surface area contributed by atoms with Crippen LogP contribution in [-0.4, -0.2) is 15.5 Å². The fourth-order valence-electron chi connectivity index (χ4n) is 3.74. The third-order valence-corrected chi connectivity index (χ3v) is 5.98. The van der Waals surface area contributed by atoms with Crippen molar-refractivity contribution in [2.45, 2.75) is 44.7 Å². The summed E-state index contributed by atoms with van der Waals surface area (Å²) in [5.74, 6) is -0.0432. The van der Waals surface area contributed by atoms with Crippen LogP contribution in [0.5, 0.6) is 0 Å². The molecule has 0 spiro atoms. The number of rotatable bonds is 5. The van der Waals surface area contributed by atoms with E-state index in [9.17, 15) is 14.4 Å². The number of H-pyrrole nitrogens is 1. The number of thiophene rings is 1. The maximum absolute atomic E-state index is 12.4. The molecule has 0 radical (unpaired) electrons. The topological polar surface area (TPSA) is 84.0 Å². The first-order chi connectivity index (χ1) is 13.1. The Kier molecular flexibility index (Phi) is 4.94. The Morgan fingerprint density at radius 1 is 1.26 bits per heavy atom. The number of aryl methyl sites for hydroxylation is 1. The Hall–Kier alpha value is -2.67. The number of amides is 1.